The summed E-state index contributed by atoms with van der Waals surface area (Å²) in [5.41, 5.74) is -1.54. The molecule has 0 aliphatic heterocycles. The van der Waals surface area contributed by atoms with Gasteiger partial charge in [0.05, 0.1) is 12.7 Å². The number of rotatable bonds is 4. The number of hydrogen-bond donors (Lipinski definition) is 1. The van der Waals surface area contributed by atoms with Crippen LogP contribution in [0, 0.1) is 0 Å². The zero-order valence-corrected chi connectivity index (χ0v) is 12.1. The smallest absolute Gasteiger partial charge is 0.408 e. The van der Waals surface area contributed by atoms with Crippen LogP contribution >= 0.6 is 0 Å². The lowest BCUT2D eigenvalue weighted by molar-refractivity contribution is -0.150. The van der Waals surface area contributed by atoms with Crippen LogP contribution in [0.4, 0.5) is 4.79 Å². The van der Waals surface area contributed by atoms with Gasteiger partial charge in [-0.15, -0.1) is 0 Å². The molecule has 1 atom stereocenters. The number of alkyl carbamates (subject to hydrolysis) is 1. The third-order valence-electron chi connectivity index (χ3n) is 2.32. The molecule has 0 fully saturated rings. The first-order chi connectivity index (χ1) is 8.03. The predicted octanol–water partition coefficient (Wildman–Crippen LogP) is 1.48. The summed E-state index contributed by atoms with van der Waals surface area (Å²) in [6.45, 7) is 8.56. The lowest BCUT2D eigenvalue weighted by atomic mass is 9.99. The molecule has 1 amide bonds. The molecular weight excluding hydrogens is 238 g/mol. The van der Waals surface area contributed by atoms with Crippen molar-refractivity contribution in [1.82, 2.24) is 5.32 Å². The maximum atomic E-state index is 11.7. The van der Waals surface area contributed by atoms with Crippen LogP contribution < -0.4 is 5.32 Å². The molecule has 0 spiro atoms. The largest absolute Gasteiger partial charge is 0.467 e. The number of esters is 1. The molecule has 0 saturated carbocycles. The van der Waals surface area contributed by atoms with Gasteiger partial charge in [-0.1, -0.05) is 0 Å². The van der Waals surface area contributed by atoms with E-state index in [0.29, 0.717) is 0 Å². The second kappa shape index (κ2) is 6.04. The number of carbonyl (C=O) groups is 2. The van der Waals surface area contributed by atoms with E-state index in [2.05, 4.69) is 10.1 Å². The molecule has 0 heterocycles. The molecular formula is C12H23NO5. The Morgan fingerprint density at radius 1 is 1.06 bits per heavy atom. The van der Waals surface area contributed by atoms with E-state index in [1.807, 2.05) is 0 Å². The van der Waals surface area contributed by atoms with E-state index in [-0.39, 0.29) is 0 Å². The lowest BCUT2D eigenvalue weighted by Crippen LogP contribution is -2.56. The van der Waals surface area contributed by atoms with Crippen LogP contribution in [0.15, 0.2) is 0 Å². The average Bonchev–Trinajstić information content (AvgIpc) is 2.22. The number of amides is 1. The molecule has 0 aromatic rings. The summed E-state index contributed by atoms with van der Waals surface area (Å²) in [5, 5.41) is 2.45. The van der Waals surface area contributed by atoms with Crippen molar-refractivity contribution in [1.29, 1.82) is 0 Å². The van der Waals surface area contributed by atoms with Crippen molar-refractivity contribution in [3.63, 3.8) is 0 Å². The van der Waals surface area contributed by atoms with E-state index in [1.54, 1.807) is 34.6 Å². The van der Waals surface area contributed by atoms with Crippen molar-refractivity contribution >= 4 is 12.1 Å². The normalized spacial score (nSPS) is 13.7. The maximum Gasteiger partial charge on any atom is 0.408 e. The summed E-state index contributed by atoms with van der Waals surface area (Å²) in [6.07, 6.45) is -0.692. The second-order valence-corrected chi connectivity index (χ2v) is 5.41. The number of nitrogens with one attached hydrogen (secondary N) is 1. The Hall–Kier alpha value is -1.30. The van der Waals surface area contributed by atoms with E-state index in [0.717, 1.165) is 0 Å². The highest BCUT2D eigenvalue weighted by Crippen LogP contribution is 2.16. The Balaban J connectivity index is 4.82. The summed E-state index contributed by atoms with van der Waals surface area (Å²) < 4.78 is 14.9. The molecule has 0 aromatic heterocycles. The van der Waals surface area contributed by atoms with Gasteiger partial charge in [-0.2, -0.15) is 0 Å². The van der Waals surface area contributed by atoms with E-state index in [4.69, 9.17) is 9.47 Å². The van der Waals surface area contributed by atoms with Crippen molar-refractivity contribution in [3.8, 4) is 0 Å². The fourth-order valence-corrected chi connectivity index (χ4v) is 1.18. The number of methoxy groups -OCH3 is 2. The van der Waals surface area contributed by atoms with Crippen molar-refractivity contribution in [2.45, 2.75) is 51.9 Å². The lowest BCUT2D eigenvalue weighted by Gasteiger charge is -2.32. The van der Waals surface area contributed by atoms with Gasteiger partial charge in [0.1, 0.15) is 5.60 Å². The van der Waals surface area contributed by atoms with E-state index >= 15 is 0 Å². The van der Waals surface area contributed by atoms with Crippen molar-refractivity contribution < 1.29 is 23.8 Å². The van der Waals surface area contributed by atoms with Gasteiger partial charge in [0.15, 0.2) is 6.04 Å². The highest BCUT2D eigenvalue weighted by molar-refractivity contribution is 5.82. The fourth-order valence-electron chi connectivity index (χ4n) is 1.18. The highest BCUT2D eigenvalue weighted by Gasteiger charge is 2.38. The van der Waals surface area contributed by atoms with Gasteiger partial charge in [-0.25, -0.2) is 9.59 Å². The van der Waals surface area contributed by atoms with Gasteiger partial charge < -0.3 is 19.5 Å². The molecule has 6 nitrogen and oxygen atoms in total. The zero-order valence-electron chi connectivity index (χ0n) is 12.1. The number of ether oxygens (including phenoxy) is 3. The Morgan fingerprint density at radius 3 is 1.89 bits per heavy atom. The molecule has 18 heavy (non-hydrogen) atoms. The van der Waals surface area contributed by atoms with Gasteiger partial charge in [-0.3, -0.25) is 0 Å². The van der Waals surface area contributed by atoms with Crippen LogP contribution in [0.25, 0.3) is 0 Å². The second-order valence-electron chi connectivity index (χ2n) is 5.41. The van der Waals surface area contributed by atoms with Gasteiger partial charge in [-0.05, 0) is 34.6 Å². The molecule has 0 bridgehead atoms. The molecule has 6 heteroatoms. The first-order valence-corrected chi connectivity index (χ1v) is 5.66. The van der Waals surface area contributed by atoms with Gasteiger partial charge in [0.25, 0.3) is 0 Å². The van der Waals surface area contributed by atoms with Gasteiger partial charge >= 0.3 is 12.1 Å². The summed E-state index contributed by atoms with van der Waals surface area (Å²) in [7, 11) is 2.70. The third kappa shape index (κ3) is 5.35. The number of hydrogen-bond acceptors (Lipinski definition) is 5. The van der Waals surface area contributed by atoms with Crippen LogP contribution in [-0.4, -0.2) is 43.5 Å². The zero-order chi connectivity index (χ0) is 14.6. The van der Waals surface area contributed by atoms with Crippen LogP contribution in [0.5, 0.6) is 0 Å². The Kier molecular flexibility index (Phi) is 5.60. The van der Waals surface area contributed by atoms with Crippen LogP contribution in [0.3, 0.4) is 0 Å². The molecule has 0 saturated heterocycles. The summed E-state index contributed by atoms with van der Waals surface area (Å²) in [5.74, 6) is -0.590. The SMILES string of the molecule is COC(=O)[C@@H](NC(=O)OC(C)(C)C)C(C)(C)OC. The molecule has 106 valence electrons. The van der Waals surface area contributed by atoms with E-state index in [1.165, 1.54) is 14.2 Å². The average molecular weight is 261 g/mol. The highest BCUT2D eigenvalue weighted by atomic mass is 16.6. The minimum absolute atomic E-state index is 0.590. The Morgan fingerprint density at radius 2 is 1.56 bits per heavy atom. The standard InChI is InChI=1S/C12H23NO5/c1-11(2,3)18-10(15)13-8(9(14)16-6)12(4,5)17-7/h8H,1-7H3,(H,13,15)/t8-/m1/s1. The maximum absolute atomic E-state index is 11.7. The Bertz CT molecular complexity index is 306. The first kappa shape index (κ1) is 16.7. The van der Waals surface area contributed by atoms with Crippen molar-refractivity contribution in [2.24, 2.45) is 0 Å². The number of carbonyl (C=O) groups excluding carboxylic acids is 2. The van der Waals surface area contributed by atoms with E-state index < -0.39 is 29.3 Å². The third-order valence-corrected chi connectivity index (χ3v) is 2.32. The molecule has 0 unspecified atom stereocenters. The molecule has 0 aliphatic rings. The van der Waals surface area contributed by atoms with Gasteiger partial charge in [0.2, 0.25) is 0 Å². The molecule has 0 rings (SSSR count). The summed E-state index contributed by atoms with van der Waals surface area (Å²) in [4.78, 5) is 23.3. The molecule has 1 N–H and O–H groups in total. The monoisotopic (exact) mass is 261 g/mol. The van der Waals surface area contributed by atoms with Gasteiger partial charge in [0, 0.05) is 7.11 Å². The van der Waals surface area contributed by atoms with Crippen LogP contribution in [0.1, 0.15) is 34.6 Å². The van der Waals surface area contributed by atoms with E-state index in [9.17, 15) is 9.59 Å². The topological polar surface area (TPSA) is 73.9 Å². The van der Waals surface area contributed by atoms with Crippen LogP contribution in [0.2, 0.25) is 0 Å². The summed E-state index contributed by atoms with van der Waals surface area (Å²) in [6, 6.07) is -0.942. The quantitative estimate of drug-likeness (QED) is 0.776. The molecule has 0 aliphatic carbocycles. The summed E-state index contributed by atoms with van der Waals surface area (Å²) >= 11 is 0. The molecule has 0 aromatic carbocycles. The van der Waals surface area contributed by atoms with Crippen LogP contribution in [-0.2, 0) is 19.0 Å². The minimum atomic E-state index is -0.942. The van der Waals surface area contributed by atoms with Crippen molar-refractivity contribution in [3.05, 3.63) is 0 Å². The predicted molar refractivity (Wildman–Crippen MR) is 66.3 cm³/mol. The van der Waals surface area contributed by atoms with Crippen molar-refractivity contribution in [2.75, 3.05) is 14.2 Å². The minimum Gasteiger partial charge on any atom is -0.467 e. The fraction of sp³-hybridized carbons (Fsp3) is 0.833. The first-order valence-electron chi connectivity index (χ1n) is 5.66. The Labute approximate surface area is 108 Å². The molecule has 0 radical (unpaired) electrons.